The van der Waals surface area contributed by atoms with Crippen LogP contribution in [0.4, 0.5) is 4.79 Å². The standard InChI is InChI=1S/C19H27N3O2/c1-2-22-13-10-16(11-14-22)19(17(23)20-18(24)21-19)12-6-9-15-7-4-3-5-8-15/h3-5,7-8,16H,2,6,9-14H2,1H3,(H2,20,21,23,24). The van der Waals surface area contributed by atoms with Gasteiger partial charge in [-0.05, 0) is 63.2 Å². The molecule has 2 aliphatic rings. The molecule has 0 aromatic heterocycles. The fourth-order valence-electron chi connectivity index (χ4n) is 4.13. The molecule has 5 heteroatoms. The van der Waals surface area contributed by atoms with Crippen molar-refractivity contribution in [1.82, 2.24) is 15.5 Å². The Kier molecular flexibility index (Phi) is 5.19. The minimum Gasteiger partial charge on any atom is -0.323 e. The monoisotopic (exact) mass is 329 g/mol. The van der Waals surface area contributed by atoms with Crippen LogP contribution in [0, 0.1) is 5.92 Å². The number of urea groups is 1. The van der Waals surface area contributed by atoms with Gasteiger partial charge >= 0.3 is 6.03 Å². The van der Waals surface area contributed by atoms with E-state index in [1.807, 2.05) is 18.2 Å². The van der Waals surface area contributed by atoms with E-state index in [-0.39, 0.29) is 17.9 Å². The van der Waals surface area contributed by atoms with E-state index in [1.54, 1.807) is 0 Å². The first-order valence-electron chi connectivity index (χ1n) is 9.04. The maximum absolute atomic E-state index is 12.6. The van der Waals surface area contributed by atoms with E-state index >= 15 is 0 Å². The Labute approximate surface area is 143 Å². The molecule has 0 radical (unpaired) electrons. The first-order chi connectivity index (χ1) is 11.6. The first-order valence-corrected chi connectivity index (χ1v) is 9.04. The van der Waals surface area contributed by atoms with Crippen LogP contribution in [0.1, 0.15) is 38.2 Å². The Hall–Kier alpha value is -1.88. The highest BCUT2D eigenvalue weighted by atomic mass is 16.2. The second-order valence-corrected chi connectivity index (χ2v) is 6.93. The zero-order chi connectivity index (χ0) is 17.0. The summed E-state index contributed by atoms with van der Waals surface area (Å²) in [5.74, 6) is 0.0954. The van der Waals surface area contributed by atoms with Crippen molar-refractivity contribution < 1.29 is 9.59 Å². The number of likely N-dealkylation sites (tertiary alicyclic amines) is 1. The van der Waals surface area contributed by atoms with Gasteiger partial charge in [0.15, 0.2) is 0 Å². The zero-order valence-electron chi connectivity index (χ0n) is 14.4. The Morgan fingerprint density at radius 3 is 2.46 bits per heavy atom. The van der Waals surface area contributed by atoms with Crippen molar-refractivity contribution in [1.29, 1.82) is 0 Å². The predicted molar refractivity (Wildman–Crippen MR) is 93.6 cm³/mol. The number of carbonyl (C=O) groups is 2. The number of amides is 3. The highest BCUT2D eigenvalue weighted by Crippen LogP contribution is 2.34. The van der Waals surface area contributed by atoms with Crippen LogP contribution in [-0.2, 0) is 11.2 Å². The van der Waals surface area contributed by atoms with Gasteiger partial charge < -0.3 is 10.2 Å². The Morgan fingerprint density at radius 1 is 1.17 bits per heavy atom. The summed E-state index contributed by atoms with van der Waals surface area (Å²) in [7, 11) is 0. The third-order valence-electron chi connectivity index (χ3n) is 5.58. The molecule has 0 spiro atoms. The summed E-state index contributed by atoms with van der Waals surface area (Å²) in [5, 5.41) is 5.46. The number of aryl methyl sites for hydroxylation is 1. The number of nitrogens with one attached hydrogen (secondary N) is 2. The summed E-state index contributed by atoms with van der Waals surface area (Å²) < 4.78 is 0. The molecular weight excluding hydrogens is 302 g/mol. The molecular formula is C19H27N3O2. The predicted octanol–water partition coefficient (Wildman–Crippen LogP) is 2.32. The molecule has 1 aromatic carbocycles. The number of hydrogen-bond acceptors (Lipinski definition) is 3. The zero-order valence-corrected chi connectivity index (χ0v) is 14.4. The lowest BCUT2D eigenvalue weighted by Gasteiger charge is -2.40. The minimum atomic E-state index is -0.717. The number of rotatable bonds is 6. The summed E-state index contributed by atoms with van der Waals surface area (Å²) in [5.41, 5.74) is 0.560. The minimum absolute atomic E-state index is 0.129. The fraction of sp³-hybridized carbons (Fsp3) is 0.579. The highest BCUT2D eigenvalue weighted by molar-refractivity contribution is 6.07. The van der Waals surface area contributed by atoms with Crippen molar-refractivity contribution in [2.45, 2.75) is 44.6 Å². The van der Waals surface area contributed by atoms with Gasteiger partial charge in [0.2, 0.25) is 0 Å². The van der Waals surface area contributed by atoms with Gasteiger partial charge in [-0.1, -0.05) is 37.3 Å². The van der Waals surface area contributed by atoms with Gasteiger partial charge in [-0.25, -0.2) is 4.79 Å². The van der Waals surface area contributed by atoms with Crippen molar-refractivity contribution >= 4 is 11.9 Å². The molecule has 1 atom stereocenters. The van der Waals surface area contributed by atoms with E-state index in [9.17, 15) is 9.59 Å². The number of hydrogen-bond donors (Lipinski definition) is 2. The van der Waals surface area contributed by atoms with Crippen LogP contribution in [0.25, 0.3) is 0 Å². The van der Waals surface area contributed by atoms with Crippen LogP contribution in [0.3, 0.4) is 0 Å². The largest absolute Gasteiger partial charge is 0.323 e. The molecule has 0 aliphatic carbocycles. The molecule has 0 saturated carbocycles. The average molecular weight is 329 g/mol. The van der Waals surface area contributed by atoms with Gasteiger partial charge in [0.1, 0.15) is 5.54 Å². The second-order valence-electron chi connectivity index (χ2n) is 6.93. The molecule has 5 nitrogen and oxygen atoms in total. The highest BCUT2D eigenvalue weighted by Gasteiger charge is 2.51. The van der Waals surface area contributed by atoms with E-state index < -0.39 is 5.54 Å². The molecule has 1 aromatic rings. The average Bonchev–Trinajstić information content (AvgIpc) is 2.90. The third kappa shape index (κ3) is 3.46. The summed E-state index contributed by atoms with van der Waals surface area (Å²) in [4.78, 5) is 26.8. The molecule has 3 amide bonds. The van der Waals surface area contributed by atoms with Gasteiger partial charge in [-0.2, -0.15) is 0 Å². The molecule has 130 valence electrons. The molecule has 2 heterocycles. The topological polar surface area (TPSA) is 61.4 Å². The fourth-order valence-corrected chi connectivity index (χ4v) is 4.13. The van der Waals surface area contributed by atoms with Crippen molar-refractivity contribution in [2.24, 2.45) is 5.92 Å². The first kappa shape index (κ1) is 17.0. The second kappa shape index (κ2) is 7.34. The summed E-state index contributed by atoms with van der Waals surface area (Å²) in [6.07, 6.45) is 4.46. The van der Waals surface area contributed by atoms with Crippen LogP contribution in [-0.4, -0.2) is 42.0 Å². The number of nitrogens with zero attached hydrogens (tertiary/aromatic N) is 1. The van der Waals surface area contributed by atoms with Gasteiger partial charge in [-0.3, -0.25) is 10.1 Å². The van der Waals surface area contributed by atoms with E-state index in [0.717, 1.165) is 45.3 Å². The van der Waals surface area contributed by atoms with Crippen molar-refractivity contribution in [3.8, 4) is 0 Å². The van der Waals surface area contributed by atoms with E-state index in [4.69, 9.17) is 0 Å². The van der Waals surface area contributed by atoms with Crippen LogP contribution in [0.2, 0.25) is 0 Å². The number of carbonyl (C=O) groups excluding carboxylic acids is 2. The molecule has 2 fully saturated rings. The SMILES string of the molecule is CCN1CCC(C2(CCCc3ccccc3)NC(=O)NC2=O)CC1. The van der Waals surface area contributed by atoms with E-state index in [0.29, 0.717) is 6.42 Å². The number of benzene rings is 1. The molecule has 24 heavy (non-hydrogen) atoms. The maximum Gasteiger partial charge on any atom is 0.322 e. The molecule has 1 unspecified atom stereocenters. The smallest absolute Gasteiger partial charge is 0.322 e. The van der Waals surface area contributed by atoms with E-state index in [1.165, 1.54) is 5.56 Å². The quantitative estimate of drug-likeness (QED) is 0.788. The van der Waals surface area contributed by atoms with Crippen LogP contribution < -0.4 is 10.6 Å². The number of piperidine rings is 1. The van der Waals surface area contributed by atoms with Gasteiger partial charge in [0, 0.05) is 0 Å². The summed E-state index contributed by atoms with van der Waals surface area (Å²) in [6.45, 7) is 5.22. The Balaban J connectivity index is 1.67. The van der Waals surface area contributed by atoms with Crippen molar-refractivity contribution in [3.05, 3.63) is 35.9 Å². The maximum atomic E-state index is 12.6. The Morgan fingerprint density at radius 2 is 1.88 bits per heavy atom. The number of imide groups is 1. The van der Waals surface area contributed by atoms with E-state index in [2.05, 4.69) is 34.6 Å². The Bertz CT molecular complexity index is 582. The lowest BCUT2D eigenvalue weighted by molar-refractivity contribution is -0.127. The van der Waals surface area contributed by atoms with Gasteiger partial charge in [-0.15, -0.1) is 0 Å². The normalized spacial score (nSPS) is 25.5. The summed E-state index contributed by atoms with van der Waals surface area (Å²) in [6, 6.07) is 9.97. The molecule has 3 rings (SSSR count). The summed E-state index contributed by atoms with van der Waals surface area (Å²) >= 11 is 0. The van der Waals surface area contributed by atoms with Crippen LogP contribution in [0.15, 0.2) is 30.3 Å². The van der Waals surface area contributed by atoms with Crippen LogP contribution >= 0.6 is 0 Å². The molecule has 2 aliphatic heterocycles. The van der Waals surface area contributed by atoms with Gasteiger partial charge in [0.05, 0.1) is 0 Å². The molecule has 2 N–H and O–H groups in total. The molecule has 2 saturated heterocycles. The van der Waals surface area contributed by atoms with Crippen LogP contribution in [0.5, 0.6) is 0 Å². The van der Waals surface area contributed by atoms with Crippen molar-refractivity contribution in [3.63, 3.8) is 0 Å². The van der Waals surface area contributed by atoms with Crippen molar-refractivity contribution in [2.75, 3.05) is 19.6 Å². The lowest BCUT2D eigenvalue weighted by atomic mass is 9.74. The van der Waals surface area contributed by atoms with Gasteiger partial charge in [0.25, 0.3) is 5.91 Å². The lowest BCUT2D eigenvalue weighted by Crippen LogP contribution is -2.56. The molecule has 0 bridgehead atoms. The third-order valence-corrected chi connectivity index (χ3v) is 5.58.